The molecule has 0 saturated heterocycles. The molecule has 0 aliphatic heterocycles. The van der Waals surface area contributed by atoms with Gasteiger partial charge in [0.05, 0.1) is 7.11 Å². The summed E-state index contributed by atoms with van der Waals surface area (Å²) in [4.78, 5) is 0. The number of benzene rings is 1. The molecule has 1 aromatic rings. The largest absolute Gasteiger partial charge is 0.504 e. The zero-order valence-corrected chi connectivity index (χ0v) is 7.88. The van der Waals surface area contributed by atoms with Crippen molar-refractivity contribution in [3.63, 3.8) is 0 Å². The van der Waals surface area contributed by atoms with Crippen LogP contribution >= 0.6 is 0 Å². The van der Waals surface area contributed by atoms with Crippen LogP contribution in [-0.4, -0.2) is 12.2 Å². The monoisotopic (exact) mass is 197 g/mol. The van der Waals surface area contributed by atoms with Crippen LogP contribution in [0, 0.1) is 5.82 Å². The summed E-state index contributed by atoms with van der Waals surface area (Å²) in [6.07, 6.45) is 1.52. The van der Waals surface area contributed by atoms with Crippen LogP contribution in [0.1, 0.15) is 18.4 Å². The van der Waals surface area contributed by atoms with Crippen molar-refractivity contribution in [1.29, 1.82) is 0 Å². The van der Waals surface area contributed by atoms with Crippen LogP contribution in [-0.2, 0) is 5.54 Å². The zero-order chi connectivity index (χ0) is 10.3. The molecule has 1 aromatic carbocycles. The zero-order valence-electron chi connectivity index (χ0n) is 7.88. The molecule has 0 spiro atoms. The second-order valence-corrected chi connectivity index (χ2v) is 3.66. The number of aromatic hydroxyl groups is 1. The van der Waals surface area contributed by atoms with Crippen LogP contribution in [0.2, 0.25) is 0 Å². The lowest BCUT2D eigenvalue weighted by Gasteiger charge is -2.12. The molecule has 0 unspecified atom stereocenters. The van der Waals surface area contributed by atoms with Gasteiger partial charge in [0, 0.05) is 17.2 Å². The standard InChI is InChI=1S/C10H12FNO2/c1-14-9-5-7(11)6(4-8(9)13)10(12)2-3-10/h4-5,13H,2-3,12H2,1H3. The first-order chi connectivity index (χ1) is 6.57. The summed E-state index contributed by atoms with van der Waals surface area (Å²) in [5.41, 5.74) is 5.63. The molecule has 1 saturated carbocycles. The Kier molecular flexibility index (Phi) is 1.89. The highest BCUT2D eigenvalue weighted by molar-refractivity contribution is 5.46. The fraction of sp³-hybridized carbons (Fsp3) is 0.400. The summed E-state index contributed by atoms with van der Waals surface area (Å²) in [7, 11) is 1.38. The second kappa shape index (κ2) is 2.85. The van der Waals surface area contributed by atoms with Gasteiger partial charge in [0.2, 0.25) is 0 Å². The van der Waals surface area contributed by atoms with Crippen molar-refractivity contribution in [3.05, 3.63) is 23.5 Å². The normalized spacial score (nSPS) is 17.9. The molecule has 0 aromatic heterocycles. The molecule has 1 fully saturated rings. The van der Waals surface area contributed by atoms with Gasteiger partial charge in [0.1, 0.15) is 5.82 Å². The third-order valence-corrected chi connectivity index (χ3v) is 2.59. The van der Waals surface area contributed by atoms with Crippen LogP contribution in [0.4, 0.5) is 4.39 Å². The van der Waals surface area contributed by atoms with Gasteiger partial charge in [-0.05, 0) is 18.9 Å². The van der Waals surface area contributed by atoms with Gasteiger partial charge >= 0.3 is 0 Å². The van der Waals surface area contributed by atoms with Crippen molar-refractivity contribution < 1.29 is 14.2 Å². The first-order valence-electron chi connectivity index (χ1n) is 4.43. The van der Waals surface area contributed by atoms with Gasteiger partial charge in [-0.25, -0.2) is 4.39 Å². The van der Waals surface area contributed by atoms with Crippen molar-refractivity contribution >= 4 is 0 Å². The van der Waals surface area contributed by atoms with Gasteiger partial charge in [-0.2, -0.15) is 0 Å². The summed E-state index contributed by atoms with van der Waals surface area (Å²) < 4.78 is 18.3. The lowest BCUT2D eigenvalue weighted by molar-refractivity contribution is 0.368. The topological polar surface area (TPSA) is 55.5 Å². The Bertz CT molecular complexity index is 375. The minimum absolute atomic E-state index is 0.0689. The van der Waals surface area contributed by atoms with Crippen LogP contribution in [0.25, 0.3) is 0 Å². The van der Waals surface area contributed by atoms with Crippen molar-refractivity contribution in [3.8, 4) is 11.5 Å². The number of hydrogen-bond acceptors (Lipinski definition) is 3. The van der Waals surface area contributed by atoms with Crippen LogP contribution in [0.5, 0.6) is 11.5 Å². The average Bonchev–Trinajstić information content (AvgIpc) is 2.88. The van der Waals surface area contributed by atoms with Crippen molar-refractivity contribution in [2.75, 3.05) is 7.11 Å². The van der Waals surface area contributed by atoms with E-state index < -0.39 is 11.4 Å². The first-order valence-corrected chi connectivity index (χ1v) is 4.43. The molecule has 0 amide bonds. The Labute approximate surface area is 81.3 Å². The Hall–Kier alpha value is -1.29. The first kappa shape index (κ1) is 9.27. The molecule has 2 rings (SSSR count). The van der Waals surface area contributed by atoms with E-state index in [4.69, 9.17) is 10.5 Å². The molecular weight excluding hydrogens is 185 g/mol. The fourth-order valence-corrected chi connectivity index (χ4v) is 1.49. The van der Waals surface area contributed by atoms with Gasteiger partial charge < -0.3 is 15.6 Å². The molecule has 0 radical (unpaired) electrons. The molecule has 3 nitrogen and oxygen atoms in total. The van der Waals surface area contributed by atoms with E-state index in [0.717, 1.165) is 18.9 Å². The third kappa shape index (κ3) is 1.32. The molecule has 4 heteroatoms. The molecule has 0 heterocycles. The van der Waals surface area contributed by atoms with E-state index in [1.54, 1.807) is 0 Å². The summed E-state index contributed by atoms with van der Waals surface area (Å²) in [6.45, 7) is 0. The number of nitrogens with two attached hydrogens (primary N) is 1. The SMILES string of the molecule is COc1cc(F)c(C2(N)CC2)cc1O. The van der Waals surface area contributed by atoms with Crippen LogP contribution in [0.15, 0.2) is 12.1 Å². The predicted octanol–water partition coefficient (Wildman–Crippen LogP) is 1.49. The maximum atomic E-state index is 13.5. The number of ether oxygens (including phenoxy) is 1. The van der Waals surface area contributed by atoms with Crippen molar-refractivity contribution in [2.45, 2.75) is 18.4 Å². The van der Waals surface area contributed by atoms with E-state index in [1.165, 1.54) is 13.2 Å². The second-order valence-electron chi connectivity index (χ2n) is 3.66. The number of halogens is 1. The fourth-order valence-electron chi connectivity index (χ4n) is 1.49. The Morgan fingerprint density at radius 3 is 2.64 bits per heavy atom. The summed E-state index contributed by atoms with van der Waals surface area (Å²) in [6, 6.07) is 2.51. The van der Waals surface area contributed by atoms with Gasteiger partial charge in [0.15, 0.2) is 11.5 Å². The van der Waals surface area contributed by atoms with E-state index in [9.17, 15) is 9.50 Å². The smallest absolute Gasteiger partial charge is 0.163 e. The van der Waals surface area contributed by atoms with Gasteiger partial charge in [-0.1, -0.05) is 0 Å². The van der Waals surface area contributed by atoms with E-state index in [1.807, 2.05) is 0 Å². The van der Waals surface area contributed by atoms with Crippen LogP contribution in [0.3, 0.4) is 0 Å². The minimum Gasteiger partial charge on any atom is -0.504 e. The third-order valence-electron chi connectivity index (χ3n) is 2.59. The number of rotatable bonds is 2. The van der Waals surface area contributed by atoms with Crippen LogP contribution < -0.4 is 10.5 Å². The lowest BCUT2D eigenvalue weighted by Crippen LogP contribution is -2.20. The Balaban J connectivity index is 2.48. The van der Waals surface area contributed by atoms with E-state index in [2.05, 4.69) is 0 Å². The Morgan fingerprint density at radius 2 is 2.14 bits per heavy atom. The molecule has 0 bridgehead atoms. The number of hydrogen-bond donors (Lipinski definition) is 2. The van der Waals surface area contributed by atoms with Gasteiger partial charge in [-0.3, -0.25) is 0 Å². The maximum Gasteiger partial charge on any atom is 0.163 e. The molecular formula is C10H12FNO2. The highest BCUT2D eigenvalue weighted by Crippen LogP contribution is 2.46. The van der Waals surface area contributed by atoms with Crippen molar-refractivity contribution in [2.24, 2.45) is 5.73 Å². The minimum atomic E-state index is -0.576. The maximum absolute atomic E-state index is 13.5. The predicted molar refractivity (Wildman–Crippen MR) is 49.7 cm³/mol. The van der Waals surface area contributed by atoms with E-state index >= 15 is 0 Å². The van der Waals surface area contributed by atoms with E-state index in [-0.39, 0.29) is 11.5 Å². The summed E-state index contributed by atoms with van der Waals surface area (Å²) in [5.74, 6) is -0.351. The van der Waals surface area contributed by atoms with E-state index in [0.29, 0.717) is 5.56 Å². The highest BCUT2D eigenvalue weighted by atomic mass is 19.1. The molecule has 0 atom stereocenters. The quantitative estimate of drug-likeness (QED) is 0.755. The number of phenols is 1. The molecule has 1 aliphatic rings. The van der Waals surface area contributed by atoms with Gasteiger partial charge in [0.25, 0.3) is 0 Å². The lowest BCUT2D eigenvalue weighted by atomic mass is 10.0. The van der Waals surface area contributed by atoms with Gasteiger partial charge in [-0.15, -0.1) is 0 Å². The summed E-state index contributed by atoms with van der Waals surface area (Å²) >= 11 is 0. The van der Waals surface area contributed by atoms with Crippen molar-refractivity contribution in [1.82, 2.24) is 0 Å². The molecule has 14 heavy (non-hydrogen) atoms. The average molecular weight is 197 g/mol. The highest BCUT2D eigenvalue weighted by Gasteiger charge is 2.42. The number of methoxy groups -OCH3 is 1. The number of phenolic OH excluding ortho intramolecular Hbond substituents is 1. The molecule has 3 N–H and O–H groups in total. The molecule has 1 aliphatic carbocycles. The summed E-state index contributed by atoms with van der Waals surface area (Å²) in [5, 5.41) is 9.46. The molecule has 76 valence electrons. The Morgan fingerprint density at radius 1 is 1.50 bits per heavy atom.